The van der Waals surface area contributed by atoms with Crippen molar-refractivity contribution in [3.8, 4) is 0 Å². The minimum Gasteiger partial charge on any atom is -0.330 e. The fourth-order valence-electron chi connectivity index (χ4n) is 1.25. The first-order valence-corrected chi connectivity index (χ1v) is 4.26. The monoisotopic (exact) mass is 164 g/mol. The number of rotatable bonds is 3. The molecule has 2 nitrogen and oxygen atoms in total. The number of hydrogen-bond acceptors (Lipinski definition) is 2. The van der Waals surface area contributed by atoms with Crippen molar-refractivity contribution in [1.29, 1.82) is 0 Å². The fraction of sp³-hybridized carbons (Fsp3) is 0.400. The molecule has 0 unspecified atom stereocenters. The van der Waals surface area contributed by atoms with Crippen molar-refractivity contribution in [2.75, 3.05) is 6.54 Å². The predicted octanol–water partition coefficient (Wildman–Crippen LogP) is 1.34. The molecule has 0 aliphatic heterocycles. The summed E-state index contributed by atoms with van der Waals surface area (Å²) in [6.45, 7) is 2.72. The summed E-state index contributed by atoms with van der Waals surface area (Å²) < 4.78 is 0. The molecule has 4 N–H and O–H groups in total. The van der Waals surface area contributed by atoms with E-state index in [0.29, 0.717) is 6.54 Å². The second kappa shape index (κ2) is 4.24. The summed E-state index contributed by atoms with van der Waals surface area (Å²) >= 11 is 0. The molecular formula is C10H16N2. The molecule has 0 saturated carbocycles. The van der Waals surface area contributed by atoms with Crippen LogP contribution < -0.4 is 11.5 Å². The van der Waals surface area contributed by atoms with Crippen molar-refractivity contribution in [2.24, 2.45) is 11.5 Å². The SMILES string of the molecule is Cc1cccc([C@H](N)CCN)c1. The summed E-state index contributed by atoms with van der Waals surface area (Å²) in [5, 5.41) is 0. The standard InChI is InChI=1S/C10H16N2/c1-8-3-2-4-9(7-8)10(12)5-6-11/h2-4,7,10H,5-6,11-12H2,1H3/t10-/m1/s1. The van der Waals surface area contributed by atoms with Crippen LogP contribution in [0.1, 0.15) is 23.6 Å². The normalized spacial score (nSPS) is 12.9. The van der Waals surface area contributed by atoms with E-state index in [-0.39, 0.29) is 6.04 Å². The molecule has 1 aromatic carbocycles. The van der Waals surface area contributed by atoms with Gasteiger partial charge in [-0.3, -0.25) is 0 Å². The number of benzene rings is 1. The van der Waals surface area contributed by atoms with Crippen LogP contribution >= 0.6 is 0 Å². The molecule has 12 heavy (non-hydrogen) atoms. The van der Waals surface area contributed by atoms with E-state index in [9.17, 15) is 0 Å². The Morgan fingerprint density at radius 2 is 2.17 bits per heavy atom. The molecular weight excluding hydrogens is 148 g/mol. The Kier molecular flexibility index (Phi) is 3.26. The molecule has 0 fully saturated rings. The van der Waals surface area contributed by atoms with Crippen LogP contribution in [0.4, 0.5) is 0 Å². The molecule has 0 heterocycles. The van der Waals surface area contributed by atoms with Crippen molar-refractivity contribution >= 4 is 0 Å². The lowest BCUT2D eigenvalue weighted by molar-refractivity contribution is 0.661. The summed E-state index contributed by atoms with van der Waals surface area (Å²) in [5.74, 6) is 0. The summed E-state index contributed by atoms with van der Waals surface area (Å²) in [4.78, 5) is 0. The Hall–Kier alpha value is -0.860. The third-order valence-corrected chi connectivity index (χ3v) is 1.95. The smallest absolute Gasteiger partial charge is 0.0307 e. The van der Waals surface area contributed by atoms with Crippen molar-refractivity contribution < 1.29 is 0 Å². The Morgan fingerprint density at radius 1 is 1.42 bits per heavy atom. The largest absolute Gasteiger partial charge is 0.330 e. The summed E-state index contributed by atoms with van der Waals surface area (Å²) in [6.07, 6.45) is 0.851. The minimum atomic E-state index is 0.0925. The van der Waals surface area contributed by atoms with Gasteiger partial charge in [-0.2, -0.15) is 0 Å². The molecule has 2 heteroatoms. The van der Waals surface area contributed by atoms with E-state index in [1.807, 2.05) is 12.1 Å². The molecule has 0 bridgehead atoms. The zero-order chi connectivity index (χ0) is 8.97. The molecule has 1 rings (SSSR count). The lowest BCUT2D eigenvalue weighted by Gasteiger charge is -2.10. The van der Waals surface area contributed by atoms with Crippen molar-refractivity contribution in [3.05, 3.63) is 35.4 Å². The lowest BCUT2D eigenvalue weighted by Crippen LogP contribution is -2.15. The van der Waals surface area contributed by atoms with E-state index < -0.39 is 0 Å². The first kappa shape index (κ1) is 9.23. The predicted molar refractivity (Wildman–Crippen MR) is 51.8 cm³/mol. The quantitative estimate of drug-likeness (QED) is 0.708. The first-order valence-electron chi connectivity index (χ1n) is 4.26. The third kappa shape index (κ3) is 2.32. The topological polar surface area (TPSA) is 52.0 Å². The Bertz CT molecular complexity index is 245. The molecule has 0 amide bonds. The summed E-state index contributed by atoms with van der Waals surface area (Å²) in [6, 6.07) is 8.35. The van der Waals surface area contributed by atoms with E-state index >= 15 is 0 Å². The lowest BCUT2D eigenvalue weighted by atomic mass is 10.0. The van der Waals surface area contributed by atoms with Crippen LogP contribution in [0.15, 0.2) is 24.3 Å². The number of nitrogens with two attached hydrogens (primary N) is 2. The number of hydrogen-bond donors (Lipinski definition) is 2. The first-order chi connectivity index (χ1) is 5.74. The molecule has 1 atom stereocenters. The number of aryl methyl sites for hydroxylation is 1. The van der Waals surface area contributed by atoms with E-state index in [1.165, 1.54) is 11.1 Å². The van der Waals surface area contributed by atoms with Gasteiger partial charge in [-0.25, -0.2) is 0 Å². The second-order valence-corrected chi connectivity index (χ2v) is 3.10. The maximum absolute atomic E-state index is 5.89. The van der Waals surface area contributed by atoms with Gasteiger partial charge < -0.3 is 11.5 Å². The molecule has 0 radical (unpaired) electrons. The average molecular weight is 164 g/mol. The highest BCUT2D eigenvalue weighted by atomic mass is 14.7. The van der Waals surface area contributed by atoms with Gasteiger partial charge in [-0.05, 0) is 25.5 Å². The van der Waals surface area contributed by atoms with Crippen LogP contribution in [0.25, 0.3) is 0 Å². The summed E-state index contributed by atoms with van der Waals surface area (Å²) in [5.41, 5.74) is 13.8. The van der Waals surface area contributed by atoms with Crippen LogP contribution in [0.5, 0.6) is 0 Å². The fourth-order valence-corrected chi connectivity index (χ4v) is 1.25. The Morgan fingerprint density at radius 3 is 2.75 bits per heavy atom. The van der Waals surface area contributed by atoms with Crippen LogP contribution in [0.3, 0.4) is 0 Å². The van der Waals surface area contributed by atoms with Crippen molar-refractivity contribution in [1.82, 2.24) is 0 Å². The molecule has 0 aliphatic rings. The molecule has 66 valence electrons. The van der Waals surface area contributed by atoms with E-state index in [0.717, 1.165) is 6.42 Å². The van der Waals surface area contributed by atoms with Crippen LogP contribution in [-0.2, 0) is 0 Å². The highest BCUT2D eigenvalue weighted by Crippen LogP contribution is 2.14. The van der Waals surface area contributed by atoms with E-state index in [1.54, 1.807) is 0 Å². The second-order valence-electron chi connectivity index (χ2n) is 3.10. The van der Waals surface area contributed by atoms with Crippen LogP contribution in [-0.4, -0.2) is 6.54 Å². The van der Waals surface area contributed by atoms with Gasteiger partial charge in [0.25, 0.3) is 0 Å². The van der Waals surface area contributed by atoms with Gasteiger partial charge in [0.1, 0.15) is 0 Å². The van der Waals surface area contributed by atoms with Gasteiger partial charge in [0.2, 0.25) is 0 Å². The zero-order valence-corrected chi connectivity index (χ0v) is 7.46. The maximum atomic E-state index is 5.89. The van der Waals surface area contributed by atoms with Gasteiger partial charge in [0, 0.05) is 6.04 Å². The Balaban J connectivity index is 2.73. The average Bonchev–Trinajstić information content (AvgIpc) is 2.05. The molecule has 0 spiro atoms. The van der Waals surface area contributed by atoms with Gasteiger partial charge in [0.05, 0.1) is 0 Å². The highest BCUT2D eigenvalue weighted by molar-refractivity contribution is 5.24. The molecule has 0 aromatic heterocycles. The minimum absolute atomic E-state index is 0.0925. The van der Waals surface area contributed by atoms with Crippen molar-refractivity contribution in [2.45, 2.75) is 19.4 Å². The van der Waals surface area contributed by atoms with Crippen LogP contribution in [0.2, 0.25) is 0 Å². The molecule has 0 aliphatic carbocycles. The van der Waals surface area contributed by atoms with E-state index in [4.69, 9.17) is 11.5 Å². The Labute approximate surface area is 73.6 Å². The van der Waals surface area contributed by atoms with Crippen LogP contribution in [0, 0.1) is 6.92 Å². The highest BCUT2D eigenvalue weighted by Gasteiger charge is 2.03. The van der Waals surface area contributed by atoms with Gasteiger partial charge >= 0.3 is 0 Å². The van der Waals surface area contributed by atoms with Gasteiger partial charge in [-0.15, -0.1) is 0 Å². The van der Waals surface area contributed by atoms with Gasteiger partial charge in [-0.1, -0.05) is 29.8 Å². The zero-order valence-electron chi connectivity index (χ0n) is 7.46. The third-order valence-electron chi connectivity index (χ3n) is 1.95. The maximum Gasteiger partial charge on any atom is 0.0307 e. The molecule has 0 saturated heterocycles. The van der Waals surface area contributed by atoms with E-state index in [2.05, 4.69) is 19.1 Å². The van der Waals surface area contributed by atoms with Gasteiger partial charge in [0.15, 0.2) is 0 Å². The summed E-state index contributed by atoms with van der Waals surface area (Å²) in [7, 11) is 0. The molecule has 1 aromatic rings. The van der Waals surface area contributed by atoms with Crippen molar-refractivity contribution in [3.63, 3.8) is 0 Å².